The van der Waals surface area contributed by atoms with Crippen molar-refractivity contribution in [2.45, 2.75) is 13.8 Å². The predicted octanol–water partition coefficient (Wildman–Crippen LogP) is 3.15. The second-order valence-electron chi connectivity index (χ2n) is 4.99. The van der Waals surface area contributed by atoms with E-state index in [9.17, 15) is 4.79 Å². The van der Waals surface area contributed by atoms with E-state index in [0.29, 0.717) is 12.3 Å². The summed E-state index contributed by atoms with van der Waals surface area (Å²) in [7, 11) is 1.60. The van der Waals surface area contributed by atoms with Crippen molar-refractivity contribution in [3.8, 4) is 5.69 Å². The smallest absolute Gasteiger partial charge is 0.414 e. The maximum absolute atomic E-state index is 11.9. The molecule has 0 aromatic carbocycles. The lowest BCUT2D eigenvalue weighted by atomic mass is 10.2. The van der Waals surface area contributed by atoms with Gasteiger partial charge < -0.3 is 4.74 Å². The number of ether oxygens (including phenoxy) is 1. The highest BCUT2D eigenvalue weighted by molar-refractivity contribution is 6.32. The molecular formula is C14H17ClN4O2. The van der Waals surface area contributed by atoms with Gasteiger partial charge in [0.25, 0.3) is 0 Å². The normalized spacial score (nSPS) is 10.7. The molecule has 0 bridgehead atoms. The predicted molar refractivity (Wildman–Crippen MR) is 81.0 cm³/mol. The molecule has 2 aromatic rings. The summed E-state index contributed by atoms with van der Waals surface area (Å²) in [6, 6.07) is 3.64. The van der Waals surface area contributed by atoms with Gasteiger partial charge in [0.1, 0.15) is 5.69 Å². The molecule has 2 aromatic heterocycles. The molecular weight excluding hydrogens is 292 g/mol. The molecule has 0 N–H and O–H groups in total. The third-order valence-electron chi connectivity index (χ3n) is 2.74. The van der Waals surface area contributed by atoms with Crippen LogP contribution in [0.2, 0.25) is 5.15 Å². The number of aromatic nitrogens is 3. The van der Waals surface area contributed by atoms with Crippen molar-refractivity contribution in [1.29, 1.82) is 0 Å². The Balaban J connectivity index is 2.17. The first-order chi connectivity index (χ1) is 9.99. The van der Waals surface area contributed by atoms with Crippen molar-refractivity contribution in [1.82, 2.24) is 14.8 Å². The van der Waals surface area contributed by atoms with Gasteiger partial charge in [-0.1, -0.05) is 25.4 Å². The van der Waals surface area contributed by atoms with E-state index in [1.54, 1.807) is 36.4 Å². The van der Waals surface area contributed by atoms with E-state index in [-0.39, 0.29) is 11.1 Å². The lowest BCUT2D eigenvalue weighted by Gasteiger charge is -2.16. The van der Waals surface area contributed by atoms with Gasteiger partial charge in [0.2, 0.25) is 0 Å². The van der Waals surface area contributed by atoms with Gasteiger partial charge in [0.05, 0.1) is 24.7 Å². The van der Waals surface area contributed by atoms with Crippen LogP contribution in [0.25, 0.3) is 5.69 Å². The highest BCUT2D eigenvalue weighted by Gasteiger charge is 2.19. The Morgan fingerprint density at radius 3 is 2.90 bits per heavy atom. The zero-order chi connectivity index (χ0) is 15.4. The minimum Gasteiger partial charge on any atom is -0.449 e. The summed E-state index contributed by atoms with van der Waals surface area (Å²) in [5.41, 5.74) is 1.24. The van der Waals surface area contributed by atoms with Crippen LogP contribution >= 0.6 is 11.6 Å². The van der Waals surface area contributed by atoms with Gasteiger partial charge in [0, 0.05) is 13.2 Å². The number of pyridine rings is 1. The number of amides is 1. The first-order valence-corrected chi connectivity index (χ1v) is 6.93. The first-order valence-electron chi connectivity index (χ1n) is 6.55. The van der Waals surface area contributed by atoms with Gasteiger partial charge in [0.15, 0.2) is 5.15 Å². The van der Waals surface area contributed by atoms with E-state index < -0.39 is 6.09 Å². The van der Waals surface area contributed by atoms with Gasteiger partial charge in [-0.05, 0) is 18.1 Å². The van der Waals surface area contributed by atoms with E-state index in [0.717, 1.165) is 5.69 Å². The topological polar surface area (TPSA) is 60.2 Å². The molecule has 1 amide bonds. The SMILES string of the molecule is CC(C)COC(=O)N(C)c1cn(-c2cccnc2)nc1Cl. The third kappa shape index (κ3) is 3.72. The van der Waals surface area contributed by atoms with Gasteiger partial charge >= 0.3 is 6.09 Å². The largest absolute Gasteiger partial charge is 0.449 e. The highest BCUT2D eigenvalue weighted by atomic mass is 35.5. The summed E-state index contributed by atoms with van der Waals surface area (Å²) in [6.45, 7) is 4.30. The highest BCUT2D eigenvalue weighted by Crippen LogP contribution is 2.25. The summed E-state index contributed by atoms with van der Waals surface area (Å²) in [5, 5.41) is 4.40. The van der Waals surface area contributed by atoms with Crippen molar-refractivity contribution in [2.75, 3.05) is 18.6 Å². The van der Waals surface area contributed by atoms with E-state index in [1.165, 1.54) is 4.90 Å². The fourth-order valence-electron chi connectivity index (χ4n) is 1.62. The lowest BCUT2D eigenvalue weighted by Crippen LogP contribution is -2.28. The Morgan fingerprint density at radius 2 is 2.29 bits per heavy atom. The van der Waals surface area contributed by atoms with E-state index in [2.05, 4.69) is 10.1 Å². The molecule has 112 valence electrons. The average Bonchev–Trinajstić information content (AvgIpc) is 2.86. The monoisotopic (exact) mass is 308 g/mol. The van der Waals surface area contributed by atoms with Gasteiger partial charge in [-0.2, -0.15) is 5.10 Å². The number of hydrogen-bond acceptors (Lipinski definition) is 4. The van der Waals surface area contributed by atoms with Crippen LogP contribution in [0, 0.1) is 5.92 Å². The third-order valence-corrected chi connectivity index (χ3v) is 3.01. The van der Waals surface area contributed by atoms with Crippen LogP contribution in [0.4, 0.5) is 10.5 Å². The Hall–Kier alpha value is -2.08. The Morgan fingerprint density at radius 1 is 1.52 bits per heavy atom. The Kier molecular flexibility index (Phi) is 4.80. The number of rotatable bonds is 4. The zero-order valence-corrected chi connectivity index (χ0v) is 12.9. The Bertz CT molecular complexity index is 613. The van der Waals surface area contributed by atoms with Crippen LogP contribution in [-0.2, 0) is 4.74 Å². The number of nitrogens with zero attached hydrogens (tertiary/aromatic N) is 4. The van der Waals surface area contributed by atoms with Crippen molar-refractivity contribution < 1.29 is 9.53 Å². The van der Waals surface area contributed by atoms with Crippen LogP contribution in [-0.4, -0.2) is 34.5 Å². The summed E-state index contributed by atoms with van der Waals surface area (Å²) in [5.74, 6) is 0.274. The quantitative estimate of drug-likeness (QED) is 0.870. The van der Waals surface area contributed by atoms with Gasteiger partial charge in [-0.3, -0.25) is 9.88 Å². The molecule has 0 saturated heterocycles. The van der Waals surface area contributed by atoms with E-state index in [1.807, 2.05) is 19.9 Å². The molecule has 2 heterocycles. The van der Waals surface area contributed by atoms with Gasteiger partial charge in [-0.15, -0.1) is 0 Å². The van der Waals surface area contributed by atoms with Crippen molar-refractivity contribution >= 4 is 23.4 Å². The Labute approximate surface area is 128 Å². The minimum atomic E-state index is -0.462. The first kappa shape index (κ1) is 15.3. The van der Waals surface area contributed by atoms with Crippen molar-refractivity contribution in [3.05, 3.63) is 35.9 Å². The molecule has 0 saturated carbocycles. The average molecular weight is 309 g/mol. The fourth-order valence-corrected chi connectivity index (χ4v) is 1.88. The van der Waals surface area contributed by atoms with Crippen LogP contribution in [0.1, 0.15) is 13.8 Å². The lowest BCUT2D eigenvalue weighted by molar-refractivity contribution is 0.141. The zero-order valence-electron chi connectivity index (χ0n) is 12.2. The number of hydrogen-bond donors (Lipinski definition) is 0. The summed E-state index contributed by atoms with van der Waals surface area (Å²) < 4.78 is 6.73. The number of halogens is 1. The van der Waals surface area contributed by atoms with Crippen molar-refractivity contribution in [3.63, 3.8) is 0 Å². The molecule has 0 atom stereocenters. The second-order valence-corrected chi connectivity index (χ2v) is 5.35. The van der Waals surface area contributed by atoms with Crippen molar-refractivity contribution in [2.24, 2.45) is 5.92 Å². The fraction of sp³-hybridized carbons (Fsp3) is 0.357. The standard InChI is InChI=1S/C14H17ClN4O2/c1-10(2)9-21-14(20)18(3)12-8-19(17-13(12)15)11-5-4-6-16-7-11/h4-8,10H,9H2,1-3H3. The van der Waals surface area contributed by atoms with E-state index in [4.69, 9.17) is 16.3 Å². The van der Waals surface area contributed by atoms with Crippen LogP contribution in [0.3, 0.4) is 0 Å². The molecule has 7 heteroatoms. The number of carbonyl (C=O) groups excluding carboxylic acids is 1. The van der Waals surface area contributed by atoms with E-state index >= 15 is 0 Å². The molecule has 0 unspecified atom stereocenters. The maximum Gasteiger partial charge on any atom is 0.414 e. The van der Waals surface area contributed by atoms with Gasteiger partial charge in [-0.25, -0.2) is 9.48 Å². The maximum atomic E-state index is 11.9. The molecule has 21 heavy (non-hydrogen) atoms. The summed E-state index contributed by atoms with van der Waals surface area (Å²) >= 11 is 6.09. The molecule has 2 rings (SSSR count). The molecule has 0 radical (unpaired) electrons. The molecule has 6 nitrogen and oxygen atoms in total. The minimum absolute atomic E-state index is 0.225. The molecule has 0 aliphatic rings. The van der Waals surface area contributed by atoms with Crippen LogP contribution in [0.5, 0.6) is 0 Å². The molecule has 0 spiro atoms. The summed E-state index contributed by atoms with van der Waals surface area (Å²) in [6.07, 6.45) is 4.53. The summed E-state index contributed by atoms with van der Waals surface area (Å²) in [4.78, 5) is 17.3. The molecule has 0 aliphatic carbocycles. The molecule has 0 fully saturated rings. The number of anilines is 1. The molecule has 0 aliphatic heterocycles. The second kappa shape index (κ2) is 6.58. The number of carbonyl (C=O) groups is 1. The van der Waals surface area contributed by atoms with Crippen LogP contribution in [0.15, 0.2) is 30.7 Å². The van der Waals surface area contributed by atoms with Crippen LogP contribution < -0.4 is 4.90 Å².